The van der Waals surface area contributed by atoms with Crippen molar-refractivity contribution in [3.63, 3.8) is 0 Å². The molecule has 0 aliphatic carbocycles. The highest BCUT2D eigenvalue weighted by molar-refractivity contribution is 7.17. The van der Waals surface area contributed by atoms with E-state index in [1.165, 1.54) is 4.90 Å². The molecule has 1 aromatic carbocycles. The Balaban J connectivity index is 1.47. The van der Waals surface area contributed by atoms with Gasteiger partial charge in [-0.25, -0.2) is 9.78 Å². The van der Waals surface area contributed by atoms with Gasteiger partial charge < -0.3 is 10.1 Å². The van der Waals surface area contributed by atoms with Gasteiger partial charge in [-0.3, -0.25) is 19.6 Å². The molecule has 3 heterocycles. The number of aromatic nitrogens is 3. The third-order valence-corrected chi connectivity index (χ3v) is 5.74. The van der Waals surface area contributed by atoms with Crippen molar-refractivity contribution in [1.82, 2.24) is 15.2 Å². The normalized spacial score (nSPS) is 16.4. The molecule has 1 aliphatic heterocycles. The Kier molecular flexibility index (Phi) is 5.01. The quantitative estimate of drug-likeness (QED) is 0.621. The maximum atomic E-state index is 12.7. The van der Waals surface area contributed by atoms with Crippen molar-refractivity contribution in [2.75, 3.05) is 23.4 Å². The first-order valence-corrected chi connectivity index (χ1v) is 9.98. The first kappa shape index (κ1) is 19.1. The number of thiazole rings is 1. The molecule has 0 radical (unpaired) electrons. The zero-order valence-corrected chi connectivity index (χ0v) is 16.7. The van der Waals surface area contributed by atoms with Gasteiger partial charge in [0.05, 0.1) is 23.7 Å². The summed E-state index contributed by atoms with van der Waals surface area (Å²) in [5.74, 6) is -0.950. The number of aromatic amines is 1. The van der Waals surface area contributed by atoms with E-state index in [1.807, 2.05) is 24.3 Å². The third kappa shape index (κ3) is 3.58. The average Bonchev–Trinajstić information content (AvgIpc) is 3.38. The van der Waals surface area contributed by atoms with Crippen LogP contribution in [0.15, 0.2) is 24.3 Å². The van der Waals surface area contributed by atoms with E-state index in [0.29, 0.717) is 21.5 Å². The number of ether oxygens (including phenoxy) is 1. The van der Waals surface area contributed by atoms with Gasteiger partial charge in [0.1, 0.15) is 4.88 Å². The predicted octanol–water partition coefficient (Wildman–Crippen LogP) is 2.50. The van der Waals surface area contributed by atoms with Crippen molar-refractivity contribution >= 4 is 51.0 Å². The molecular weight excluding hydrogens is 394 g/mol. The van der Waals surface area contributed by atoms with Crippen LogP contribution in [-0.2, 0) is 14.3 Å². The van der Waals surface area contributed by atoms with Crippen LogP contribution in [0.2, 0.25) is 0 Å². The lowest BCUT2D eigenvalue weighted by molar-refractivity contribution is -0.122. The number of hydrogen-bond donors (Lipinski definition) is 2. The molecular formula is C19H19N5O4S. The van der Waals surface area contributed by atoms with E-state index < -0.39 is 11.9 Å². The minimum atomic E-state index is -0.534. The third-order valence-electron chi connectivity index (χ3n) is 4.69. The number of carbonyl (C=O) groups is 3. The van der Waals surface area contributed by atoms with E-state index in [0.717, 1.165) is 22.2 Å². The molecule has 2 N–H and O–H groups in total. The minimum absolute atomic E-state index is 0.0854. The molecule has 1 atom stereocenters. The van der Waals surface area contributed by atoms with E-state index in [1.54, 1.807) is 13.8 Å². The standard InChI is InChI=1S/C19H19N5O4S/c1-3-28-18(27)15-10(2)20-19(29-15)21-17(26)11-8-14(25)24(9-11)16-12-6-4-5-7-13(12)22-23-16/h4-7,11H,3,8-9H2,1-2H3,(H,22,23)(H,20,21,26). The Morgan fingerprint density at radius 2 is 2.17 bits per heavy atom. The fraction of sp³-hybridized carbons (Fsp3) is 0.316. The number of aryl methyl sites for hydroxylation is 1. The van der Waals surface area contributed by atoms with E-state index >= 15 is 0 Å². The molecule has 1 unspecified atom stereocenters. The van der Waals surface area contributed by atoms with Gasteiger partial charge in [-0.05, 0) is 26.0 Å². The topological polar surface area (TPSA) is 117 Å². The summed E-state index contributed by atoms with van der Waals surface area (Å²) in [4.78, 5) is 43.2. The van der Waals surface area contributed by atoms with Crippen LogP contribution in [0, 0.1) is 12.8 Å². The predicted molar refractivity (Wildman–Crippen MR) is 108 cm³/mol. The van der Waals surface area contributed by atoms with Gasteiger partial charge in [0, 0.05) is 18.4 Å². The van der Waals surface area contributed by atoms with Gasteiger partial charge in [-0.2, -0.15) is 5.10 Å². The van der Waals surface area contributed by atoms with Crippen LogP contribution in [0.5, 0.6) is 0 Å². The summed E-state index contributed by atoms with van der Waals surface area (Å²) in [6.45, 7) is 3.90. The number of hydrogen-bond acceptors (Lipinski definition) is 7. The molecule has 9 nitrogen and oxygen atoms in total. The Labute approximate surface area is 170 Å². The molecule has 1 aliphatic rings. The van der Waals surface area contributed by atoms with E-state index in [4.69, 9.17) is 4.74 Å². The summed E-state index contributed by atoms with van der Waals surface area (Å²) < 4.78 is 4.99. The monoisotopic (exact) mass is 413 g/mol. The van der Waals surface area contributed by atoms with Gasteiger partial charge in [0.2, 0.25) is 11.8 Å². The summed E-state index contributed by atoms with van der Waals surface area (Å²) >= 11 is 1.06. The number of para-hydroxylation sites is 1. The summed E-state index contributed by atoms with van der Waals surface area (Å²) in [5, 5.41) is 11.0. The van der Waals surface area contributed by atoms with Crippen molar-refractivity contribution in [2.24, 2.45) is 5.92 Å². The molecule has 2 aromatic heterocycles. The van der Waals surface area contributed by atoms with Crippen LogP contribution < -0.4 is 10.2 Å². The Bertz CT molecular complexity index is 1110. The lowest BCUT2D eigenvalue weighted by atomic mass is 10.1. The number of fused-ring (bicyclic) bond motifs is 1. The number of H-pyrrole nitrogens is 1. The summed E-state index contributed by atoms with van der Waals surface area (Å²) in [6.07, 6.45) is 0.0854. The van der Waals surface area contributed by atoms with Crippen molar-refractivity contribution in [3.05, 3.63) is 34.8 Å². The zero-order chi connectivity index (χ0) is 20.5. The Hall–Kier alpha value is -3.27. The number of benzene rings is 1. The number of rotatable bonds is 5. The van der Waals surface area contributed by atoms with Crippen LogP contribution in [0.25, 0.3) is 10.9 Å². The maximum Gasteiger partial charge on any atom is 0.350 e. The minimum Gasteiger partial charge on any atom is -0.462 e. The van der Waals surface area contributed by atoms with Gasteiger partial charge in [0.25, 0.3) is 0 Å². The number of nitrogens with one attached hydrogen (secondary N) is 2. The van der Waals surface area contributed by atoms with Crippen molar-refractivity contribution in [2.45, 2.75) is 20.3 Å². The van der Waals surface area contributed by atoms with Crippen LogP contribution in [0.3, 0.4) is 0 Å². The molecule has 0 spiro atoms. The van der Waals surface area contributed by atoms with Crippen molar-refractivity contribution < 1.29 is 19.1 Å². The van der Waals surface area contributed by atoms with Crippen molar-refractivity contribution in [1.29, 1.82) is 0 Å². The lowest BCUT2D eigenvalue weighted by Gasteiger charge is -2.13. The molecule has 29 heavy (non-hydrogen) atoms. The zero-order valence-electron chi connectivity index (χ0n) is 15.9. The first-order chi connectivity index (χ1) is 14.0. The van der Waals surface area contributed by atoms with Gasteiger partial charge in [-0.15, -0.1) is 0 Å². The van der Waals surface area contributed by atoms with Crippen LogP contribution in [0.1, 0.15) is 28.7 Å². The van der Waals surface area contributed by atoms with Gasteiger partial charge in [-0.1, -0.05) is 23.5 Å². The molecule has 1 saturated heterocycles. The smallest absolute Gasteiger partial charge is 0.350 e. The molecule has 150 valence electrons. The highest BCUT2D eigenvalue weighted by Gasteiger charge is 2.37. The molecule has 10 heteroatoms. The molecule has 1 fully saturated rings. The molecule has 2 amide bonds. The lowest BCUT2D eigenvalue weighted by Crippen LogP contribution is -2.28. The molecule has 3 aromatic rings. The Morgan fingerprint density at radius 3 is 2.97 bits per heavy atom. The SMILES string of the molecule is CCOC(=O)c1sc(NC(=O)C2CC(=O)N(c3n[nH]c4ccccc34)C2)nc1C. The molecule has 0 saturated carbocycles. The maximum absolute atomic E-state index is 12.7. The Morgan fingerprint density at radius 1 is 1.38 bits per heavy atom. The van der Waals surface area contributed by atoms with E-state index in [9.17, 15) is 14.4 Å². The fourth-order valence-electron chi connectivity index (χ4n) is 3.29. The fourth-order valence-corrected chi connectivity index (χ4v) is 4.15. The van der Waals surface area contributed by atoms with E-state index in [-0.39, 0.29) is 31.4 Å². The second-order valence-electron chi connectivity index (χ2n) is 6.64. The first-order valence-electron chi connectivity index (χ1n) is 9.16. The number of esters is 1. The molecule has 0 bridgehead atoms. The van der Waals surface area contributed by atoms with Crippen LogP contribution in [0.4, 0.5) is 10.9 Å². The second kappa shape index (κ2) is 7.63. The summed E-state index contributed by atoms with van der Waals surface area (Å²) in [5.41, 5.74) is 1.32. The number of amides is 2. The average molecular weight is 413 g/mol. The number of nitrogens with zero attached hydrogens (tertiary/aromatic N) is 3. The van der Waals surface area contributed by atoms with Gasteiger partial charge >= 0.3 is 5.97 Å². The number of anilines is 2. The van der Waals surface area contributed by atoms with Gasteiger partial charge in [0.15, 0.2) is 10.9 Å². The second-order valence-corrected chi connectivity index (χ2v) is 7.64. The highest BCUT2D eigenvalue weighted by atomic mass is 32.1. The van der Waals surface area contributed by atoms with Crippen LogP contribution >= 0.6 is 11.3 Å². The summed E-state index contributed by atoms with van der Waals surface area (Å²) in [7, 11) is 0. The number of carbonyl (C=O) groups excluding carboxylic acids is 3. The highest BCUT2D eigenvalue weighted by Crippen LogP contribution is 2.31. The molecule has 4 rings (SSSR count). The van der Waals surface area contributed by atoms with Crippen molar-refractivity contribution in [3.8, 4) is 0 Å². The van der Waals surface area contributed by atoms with E-state index in [2.05, 4.69) is 20.5 Å². The summed E-state index contributed by atoms with van der Waals surface area (Å²) in [6, 6.07) is 7.51. The van der Waals surface area contributed by atoms with Crippen LogP contribution in [-0.4, -0.2) is 46.1 Å². The largest absolute Gasteiger partial charge is 0.462 e.